The molecule has 0 radical (unpaired) electrons. The zero-order valence-corrected chi connectivity index (χ0v) is 18.5. The van der Waals surface area contributed by atoms with Gasteiger partial charge in [0.1, 0.15) is 5.82 Å². The van der Waals surface area contributed by atoms with Crippen LogP contribution in [0.4, 0.5) is 15.8 Å². The van der Waals surface area contributed by atoms with Gasteiger partial charge in [-0.3, -0.25) is 14.5 Å². The highest BCUT2D eigenvalue weighted by atomic mass is 19.1. The molecule has 2 N–H and O–H groups in total. The molecule has 2 aliphatic rings. The van der Waals surface area contributed by atoms with Crippen LogP contribution in [0.25, 0.3) is 0 Å². The van der Waals surface area contributed by atoms with Crippen molar-refractivity contribution in [2.75, 3.05) is 56.7 Å². The first-order valence-corrected chi connectivity index (χ1v) is 10.9. The molecule has 2 amide bonds. The highest BCUT2D eigenvalue weighted by molar-refractivity contribution is 6.39. The van der Waals surface area contributed by atoms with Crippen LogP contribution in [-0.4, -0.2) is 63.2 Å². The number of rotatable bonds is 5. The third-order valence-electron chi connectivity index (χ3n) is 6.19. The second-order valence-corrected chi connectivity index (χ2v) is 8.35. The first kappa shape index (κ1) is 22.2. The number of amides is 2. The molecule has 32 heavy (non-hydrogen) atoms. The molecule has 0 bridgehead atoms. The first-order chi connectivity index (χ1) is 15.4. The van der Waals surface area contributed by atoms with Crippen molar-refractivity contribution in [3.8, 4) is 0 Å². The Morgan fingerprint density at radius 3 is 2.62 bits per heavy atom. The maximum absolute atomic E-state index is 13.7. The minimum Gasteiger partial charge on any atom is -0.379 e. The molecule has 0 aromatic heterocycles. The van der Waals surface area contributed by atoms with E-state index in [1.807, 2.05) is 0 Å². The number of nitrogens with zero attached hydrogens (tertiary/aromatic N) is 2. The third kappa shape index (κ3) is 4.92. The van der Waals surface area contributed by atoms with Crippen LogP contribution in [0, 0.1) is 12.7 Å². The van der Waals surface area contributed by atoms with E-state index in [0.29, 0.717) is 25.3 Å². The van der Waals surface area contributed by atoms with Gasteiger partial charge < -0.3 is 20.3 Å². The van der Waals surface area contributed by atoms with E-state index in [2.05, 4.69) is 45.7 Å². The summed E-state index contributed by atoms with van der Waals surface area (Å²) in [7, 11) is 2.09. The molecular weight excluding hydrogens is 411 g/mol. The molecule has 2 aromatic rings. The molecule has 2 aromatic carbocycles. The van der Waals surface area contributed by atoms with Crippen molar-refractivity contribution >= 4 is 23.2 Å². The fourth-order valence-corrected chi connectivity index (χ4v) is 4.27. The highest BCUT2D eigenvalue weighted by Crippen LogP contribution is 2.31. The smallest absolute Gasteiger partial charge is 0.313 e. The second kappa shape index (κ2) is 9.67. The van der Waals surface area contributed by atoms with Crippen LogP contribution < -0.4 is 15.5 Å². The summed E-state index contributed by atoms with van der Waals surface area (Å²) in [5.41, 5.74) is 4.38. The Morgan fingerprint density at radius 1 is 1.09 bits per heavy atom. The number of nitrogens with one attached hydrogen (secondary N) is 2. The number of hydrogen-bond donors (Lipinski definition) is 2. The molecule has 1 saturated heterocycles. The number of ether oxygens (including phenoxy) is 1. The number of likely N-dealkylation sites (N-methyl/N-ethyl adjacent to an activating group) is 1. The van der Waals surface area contributed by atoms with Crippen molar-refractivity contribution in [3.63, 3.8) is 0 Å². The molecule has 0 saturated carbocycles. The predicted octanol–water partition coefficient (Wildman–Crippen LogP) is 2.25. The Labute approximate surface area is 187 Å². The fraction of sp³-hybridized carbons (Fsp3) is 0.417. The molecule has 4 rings (SSSR count). The first-order valence-electron chi connectivity index (χ1n) is 10.9. The van der Waals surface area contributed by atoms with Gasteiger partial charge in [-0.05, 0) is 48.2 Å². The van der Waals surface area contributed by atoms with E-state index in [1.165, 1.54) is 17.3 Å². The number of anilines is 2. The van der Waals surface area contributed by atoms with Gasteiger partial charge in [-0.2, -0.15) is 0 Å². The van der Waals surface area contributed by atoms with Crippen molar-refractivity contribution in [2.45, 2.75) is 19.4 Å². The number of halogens is 1. The van der Waals surface area contributed by atoms with Crippen molar-refractivity contribution in [1.82, 2.24) is 10.2 Å². The lowest BCUT2D eigenvalue weighted by molar-refractivity contribution is -0.136. The van der Waals surface area contributed by atoms with Crippen molar-refractivity contribution < 1.29 is 18.7 Å². The lowest BCUT2D eigenvalue weighted by Gasteiger charge is -2.35. The summed E-state index contributed by atoms with van der Waals surface area (Å²) in [4.78, 5) is 29.3. The molecule has 8 heteroatoms. The summed E-state index contributed by atoms with van der Waals surface area (Å²) < 4.78 is 19.2. The van der Waals surface area contributed by atoms with Gasteiger partial charge in [-0.1, -0.05) is 18.2 Å². The van der Waals surface area contributed by atoms with E-state index >= 15 is 0 Å². The summed E-state index contributed by atoms with van der Waals surface area (Å²) >= 11 is 0. The molecule has 2 aliphatic heterocycles. The Morgan fingerprint density at radius 2 is 1.88 bits per heavy atom. The number of morpholine rings is 1. The van der Waals surface area contributed by atoms with Gasteiger partial charge in [0.05, 0.1) is 19.3 Å². The van der Waals surface area contributed by atoms with Crippen LogP contribution >= 0.6 is 0 Å². The number of fused-ring (bicyclic) bond motifs is 1. The van der Waals surface area contributed by atoms with Gasteiger partial charge in [0.25, 0.3) is 0 Å². The Kier molecular flexibility index (Phi) is 6.72. The Hall–Kier alpha value is -2.97. The van der Waals surface area contributed by atoms with E-state index < -0.39 is 17.6 Å². The number of aryl methyl sites for hydroxylation is 1. The average molecular weight is 441 g/mol. The highest BCUT2D eigenvalue weighted by Gasteiger charge is 2.26. The maximum atomic E-state index is 13.7. The summed E-state index contributed by atoms with van der Waals surface area (Å²) in [6, 6.07) is 10.7. The van der Waals surface area contributed by atoms with Crippen LogP contribution in [-0.2, 0) is 20.7 Å². The van der Waals surface area contributed by atoms with Crippen LogP contribution in [0.1, 0.15) is 22.7 Å². The van der Waals surface area contributed by atoms with Crippen LogP contribution in [0.3, 0.4) is 0 Å². The topological polar surface area (TPSA) is 73.9 Å². The van der Waals surface area contributed by atoms with Gasteiger partial charge in [0.2, 0.25) is 0 Å². The Balaban J connectivity index is 1.44. The molecule has 0 aliphatic carbocycles. The minimum atomic E-state index is -0.815. The number of benzene rings is 2. The monoisotopic (exact) mass is 440 g/mol. The molecule has 1 fully saturated rings. The van der Waals surface area contributed by atoms with E-state index in [0.717, 1.165) is 31.6 Å². The third-order valence-corrected chi connectivity index (χ3v) is 6.19. The molecule has 1 atom stereocenters. The normalized spacial score (nSPS) is 17.0. The van der Waals surface area contributed by atoms with E-state index in [4.69, 9.17) is 4.74 Å². The molecule has 7 nitrogen and oxygen atoms in total. The van der Waals surface area contributed by atoms with Crippen LogP contribution in [0.2, 0.25) is 0 Å². The molecule has 0 unspecified atom stereocenters. The minimum absolute atomic E-state index is 0.0660. The van der Waals surface area contributed by atoms with Crippen LogP contribution in [0.15, 0.2) is 36.4 Å². The van der Waals surface area contributed by atoms with Gasteiger partial charge >= 0.3 is 11.8 Å². The SMILES string of the molecule is Cc1ccc(NC(=O)C(=O)NC[C@H](c2ccc3c(c2)CCN3C)N2CCOCC2)cc1F. The average Bonchev–Trinajstić information content (AvgIpc) is 3.17. The summed E-state index contributed by atoms with van der Waals surface area (Å²) in [6.07, 6.45) is 0.997. The zero-order valence-electron chi connectivity index (χ0n) is 18.5. The largest absolute Gasteiger partial charge is 0.379 e. The van der Waals surface area contributed by atoms with Crippen molar-refractivity contribution in [2.24, 2.45) is 0 Å². The standard InChI is InChI=1S/C24H29FN4O3/c1-16-3-5-19(14-20(16)25)27-24(31)23(30)26-15-22(29-9-11-32-12-10-29)17-4-6-21-18(13-17)7-8-28(21)2/h3-6,13-14,22H,7-12,15H2,1-2H3,(H,26,30)(H,27,31)/t22-/m1/s1. The molecular formula is C24H29FN4O3. The predicted molar refractivity (Wildman–Crippen MR) is 121 cm³/mol. The maximum Gasteiger partial charge on any atom is 0.313 e. The molecule has 170 valence electrons. The zero-order chi connectivity index (χ0) is 22.7. The van der Waals surface area contributed by atoms with Crippen molar-refractivity contribution in [1.29, 1.82) is 0 Å². The number of carbonyl (C=O) groups is 2. The lowest BCUT2D eigenvalue weighted by Crippen LogP contribution is -2.45. The van der Waals surface area contributed by atoms with Crippen LogP contribution in [0.5, 0.6) is 0 Å². The van der Waals surface area contributed by atoms with E-state index in [1.54, 1.807) is 19.1 Å². The lowest BCUT2D eigenvalue weighted by atomic mass is 10.0. The van der Waals surface area contributed by atoms with Crippen molar-refractivity contribution in [3.05, 3.63) is 58.9 Å². The van der Waals surface area contributed by atoms with Gasteiger partial charge in [-0.25, -0.2) is 4.39 Å². The molecule has 2 heterocycles. The van der Waals surface area contributed by atoms with Gasteiger partial charge in [0, 0.05) is 44.6 Å². The summed E-state index contributed by atoms with van der Waals surface area (Å²) in [6.45, 7) is 5.71. The van der Waals surface area contributed by atoms with Gasteiger partial charge in [-0.15, -0.1) is 0 Å². The van der Waals surface area contributed by atoms with Gasteiger partial charge in [0.15, 0.2) is 0 Å². The second-order valence-electron chi connectivity index (χ2n) is 8.35. The number of hydrogen-bond acceptors (Lipinski definition) is 5. The molecule has 0 spiro atoms. The van der Waals surface area contributed by atoms with E-state index in [-0.39, 0.29) is 11.7 Å². The number of carbonyl (C=O) groups excluding carboxylic acids is 2. The quantitative estimate of drug-likeness (QED) is 0.698. The van der Waals surface area contributed by atoms with E-state index in [9.17, 15) is 14.0 Å². The fourth-order valence-electron chi connectivity index (χ4n) is 4.27. The summed E-state index contributed by atoms with van der Waals surface area (Å²) in [5, 5.41) is 5.22. The Bertz CT molecular complexity index is 1010. The summed E-state index contributed by atoms with van der Waals surface area (Å²) in [5.74, 6) is -1.99.